The van der Waals surface area contributed by atoms with Crippen molar-refractivity contribution >= 4 is 30.7 Å². The summed E-state index contributed by atoms with van der Waals surface area (Å²) in [5.41, 5.74) is 1.31. The van der Waals surface area contributed by atoms with Gasteiger partial charge in [0, 0.05) is 25.7 Å². The maximum absolute atomic E-state index is 12.0. The second-order valence-corrected chi connectivity index (χ2v) is 5.91. The molecule has 0 aromatic heterocycles. The van der Waals surface area contributed by atoms with Crippen LogP contribution in [0.1, 0.15) is 18.9 Å². The summed E-state index contributed by atoms with van der Waals surface area (Å²) in [6.07, 6.45) is 0.933. The molecule has 1 heterocycles. The molecule has 7 heteroatoms. The third kappa shape index (κ3) is 7.81. The first-order valence-corrected chi connectivity index (χ1v) is 8.00. The minimum atomic E-state index is -0.203. The lowest BCUT2D eigenvalue weighted by molar-refractivity contribution is -0.125. The van der Waals surface area contributed by atoms with Crippen molar-refractivity contribution in [2.24, 2.45) is 0 Å². The lowest BCUT2D eigenvalue weighted by Gasteiger charge is -2.26. The first kappa shape index (κ1) is 23.1. The number of hydrogen-bond donors (Lipinski definition) is 2. The number of morpholine rings is 1. The van der Waals surface area contributed by atoms with Crippen molar-refractivity contribution in [3.05, 3.63) is 35.9 Å². The number of nitrogens with one attached hydrogen (secondary N) is 2. The normalized spacial score (nSPS) is 18.2. The van der Waals surface area contributed by atoms with Crippen LogP contribution in [0.2, 0.25) is 0 Å². The molecule has 2 atom stereocenters. The van der Waals surface area contributed by atoms with Crippen molar-refractivity contribution in [2.45, 2.75) is 32.0 Å². The van der Waals surface area contributed by atoms with Crippen LogP contribution in [0.15, 0.2) is 30.3 Å². The van der Waals surface area contributed by atoms with Gasteiger partial charge in [0.15, 0.2) is 0 Å². The smallest absolute Gasteiger partial charge is 0.239 e. The fraction of sp³-hybridized carbons (Fsp3) is 0.588. The molecule has 1 amide bonds. The van der Waals surface area contributed by atoms with E-state index in [-0.39, 0.29) is 36.8 Å². The zero-order valence-electron chi connectivity index (χ0n) is 14.4. The van der Waals surface area contributed by atoms with Gasteiger partial charge in [0.2, 0.25) is 5.91 Å². The summed E-state index contributed by atoms with van der Waals surface area (Å²) in [5.74, 6) is 0.0395. The lowest BCUT2D eigenvalue weighted by Crippen LogP contribution is -2.51. The van der Waals surface area contributed by atoms with E-state index in [1.807, 2.05) is 6.07 Å². The lowest BCUT2D eigenvalue weighted by atomic mass is 10.1. The number of carbonyl (C=O) groups is 1. The van der Waals surface area contributed by atoms with Crippen molar-refractivity contribution in [2.75, 3.05) is 33.4 Å². The SMILES string of the molecule is CC(CCNC(=O)C1COCCN1)N(C)Cc1ccccc1.Cl.Cl. The number of nitrogens with zero attached hydrogens (tertiary/aromatic N) is 1. The molecule has 2 rings (SSSR count). The van der Waals surface area contributed by atoms with Crippen molar-refractivity contribution < 1.29 is 9.53 Å². The Bertz CT molecular complexity index is 456. The summed E-state index contributed by atoms with van der Waals surface area (Å²) >= 11 is 0. The summed E-state index contributed by atoms with van der Waals surface area (Å²) in [6.45, 7) is 5.71. The Balaban J connectivity index is 0.00000264. The maximum Gasteiger partial charge on any atom is 0.239 e. The molecule has 0 saturated carbocycles. The molecule has 0 bridgehead atoms. The van der Waals surface area contributed by atoms with Crippen LogP contribution in [-0.4, -0.2) is 56.2 Å². The Kier molecular flexibility index (Phi) is 12.1. The molecular weight excluding hydrogens is 349 g/mol. The van der Waals surface area contributed by atoms with Gasteiger partial charge in [-0.25, -0.2) is 0 Å². The van der Waals surface area contributed by atoms with E-state index in [1.165, 1.54) is 5.56 Å². The highest BCUT2D eigenvalue weighted by atomic mass is 35.5. The second kappa shape index (κ2) is 12.5. The standard InChI is InChI=1S/C17H27N3O2.2ClH/c1-14(20(2)12-15-6-4-3-5-7-15)8-9-19-17(21)16-13-22-11-10-18-16;;/h3-7,14,16,18H,8-13H2,1-2H3,(H,19,21);2*1H. The topological polar surface area (TPSA) is 53.6 Å². The summed E-state index contributed by atoms with van der Waals surface area (Å²) in [5, 5.41) is 6.16. The van der Waals surface area contributed by atoms with Gasteiger partial charge in [-0.3, -0.25) is 9.69 Å². The molecule has 1 aliphatic rings. The van der Waals surface area contributed by atoms with E-state index >= 15 is 0 Å². The van der Waals surface area contributed by atoms with Gasteiger partial charge in [-0.05, 0) is 26.0 Å². The van der Waals surface area contributed by atoms with Crippen LogP contribution in [0.3, 0.4) is 0 Å². The van der Waals surface area contributed by atoms with Crippen LogP contribution in [0, 0.1) is 0 Å². The number of hydrogen-bond acceptors (Lipinski definition) is 4. The number of rotatable bonds is 7. The molecule has 1 aromatic carbocycles. The van der Waals surface area contributed by atoms with Crippen LogP contribution < -0.4 is 10.6 Å². The average molecular weight is 378 g/mol. The van der Waals surface area contributed by atoms with E-state index in [1.54, 1.807) is 0 Å². The van der Waals surface area contributed by atoms with Gasteiger partial charge in [-0.15, -0.1) is 24.8 Å². The summed E-state index contributed by atoms with van der Waals surface area (Å²) < 4.78 is 5.30. The van der Waals surface area contributed by atoms with E-state index < -0.39 is 0 Å². The summed E-state index contributed by atoms with van der Waals surface area (Å²) in [7, 11) is 2.12. The van der Waals surface area contributed by atoms with E-state index in [9.17, 15) is 4.79 Å². The van der Waals surface area contributed by atoms with Gasteiger partial charge in [0.1, 0.15) is 6.04 Å². The van der Waals surface area contributed by atoms with Crippen LogP contribution >= 0.6 is 24.8 Å². The molecule has 0 radical (unpaired) electrons. The largest absolute Gasteiger partial charge is 0.378 e. The molecule has 1 aromatic rings. The van der Waals surface area contributed by atoms with Crippen molar-refractivity contribution in [1.29, 1.82) is 0 Å². The first-order valence-electron chi connectivity index (χ1n) is 8.00. The molecule has 5 nitrogen and oxygen atoms in total. The number of benzene rings is 1. The van der Waals surface area contributed by atoms with Crippen LogP contribution in [0.4, 0.5) is 0 Å². The van der Waals surface area contributed by atoms with Crippen molar-refractivity contribution in [1.82, 2.24) is 15.5 Å². The van der Waals surface area contributed by atoms with E-state index in [0.717, 1.165) is 19.5 Å². The van der Waals surface area contributed by atoms with E-state index in [4.69, 9.17) is 4.74 Å². The molecule has 1 aliphatic heterocycles. The molecule has 2 unspecified atom stereocenters. The van der Waals surface area contributed by atoms with Gasteiger partial charge in [-0.2, -0.15) is 0 Å². The molecule has 24 heavy (non-hydrogen) atoms. The Hall–Kier alpha value is -0.850. The van der Waals surface area contributed by atoms with Crippen LogP contribution in [0.5, 0.6) is 0 Å². The fourth-order valence-corrected chi connectivity index (χ4v) is 2.51. The third-order valence-corrected chi connectivity index (χ3v) is 4.13. The van der Waals surface area contributed by atoms with Gasteiger partial charge in [0.05, 0.1) is 13.2 Å². The molecule has 0 spiro atoms. The molecule has 138 valence electrons. The minimum absolute atomic E-state index is 0. The molecular formula is C17H29Cl2N3O2. The van der Waals surface area contributed by atoms with E-state index in [2.05, 4.69) is 53.8 Å². The fourth-order valence-electron chi connectivity index (χ4n) is 2.51. The zero-order chi connectivity index (χ0) is 15.8. The highest BCUT2D eigenvalue weighted by Gasteiger charge is 2.20. The maximum atomic E-state index is 12.0. The molecule has 1 saturated heterocycles. The highest BCUT2D eigenvalue weighted by Crippen LogP contribution is 2.08. The molecule has 2 N–H and O–H groups in total. The summed E-state index contributed by atoms with van der Waals surface area (Å²) in [6, 6.07) is 10.6. The van der Waals surface area contributed by atoms with Crippen molar-refractivity contribution in [3.63, 3.8) is 0 Å². The Morgan fingerprint density at radius 3 is 2.71 bits per heavy atom. The highest BCUT2D eigenvalue weighted by molar-refractivity contribution is 5.85. The summed E-state index contributed by atoms with van der Waals surface area (Å²) in [4.78, 5) is 14.3. The Labute approximate surface area is 157 Å². The predicted octanol–water partition coefficient (Wildman–Crippen LogP) is 1.85. The van der Waals surface area contributed by atoms with Gasteiger partial charge >= 0.3 is 0 Å². The van der Waals surface area contributed by atoms with Gasteiger partial charge in [0.25, 0.3) is 0 Å². The van der Waals surface area contributed by atoms with Crippen molar-refractivity contribution in [3.8, 4) is 0 Å². The van der Waals surface area contributed by atoms with E-state index in [0.29, 0.717) is 25.8 Å². The quantitative estimate of drug-likeness (QED) is 0.761. The monoisotopic (exact) mass is 377 g/mol. The van der Waals surface area contributed by atoms with Gasteiger partial charge in [-0.1, -0.05) is 30.3 Å². The van der Waals surface area contributed by atoms with Crippen LogP contribution in [0.25, 0.3) is 0 Å². The van der Waals surface area contributed by atoms with Gasteiger partial charge < -0.3 is 15.4 Å². The Morgan fingerprint density at radius 1 is 1.38 bits per heavy atom. The molecule has 0 aliphatic carbocycles. The second-order valence-electron chi connectivity index (χ2n) is 5.91. The molecule has 1 fully saturated rings. The minimum Gasteiger partial charge on any atom is -0.378 e. The Morgan fingerprint density at radius 2 is 2.08 bits per heavy atom. The number of carbonyl (C=O) groups excluding carboxylic acids is 1. The number of halogens is 2. The predicted molar refractivity (Wildman–Crippen MR) is 102 cm³/mol. The number of ether oxygens (including phenoxy) is 1. The average Bonchev–Trinajstić information content (AvgIpc) is 2.56. The number of amides is 1. The third-order valence-electron chi connectivity index (χ3n) is 4.13. The first-order chi connectivity index (χ1) is 10.7. The zero-order valence-corrected chi connectivity index (χ0v) is 16.0. The van der Waals surface area contributed by atoms with Crippen LogP contribution in [-0.2, 0) is 16.1 Å².